The summed E-state index contributed by atoms with van der Waals surface area (Å²) in [5.74, 6) is -1.66. The third kappa shape index (κ3) is 7.59. The Balaban J connectivity index is 1.64. The van der Waals surface area contributed by atoms with E-state index in [9.17, 15) is 30.3 Å². The quantitative estimate of drug-likeness (QED) is 0.0754. The highest BCUT2D eigenvalue weighted by molar-refractivity contribution is 6.11. The Bertz CT molecular complexity index is 1540. The zero-order valence-corrected chi connectivity index (χ0v) is 23.2. The molecule has 0 heterocycles. The van der Waals surface area contributed by atoms with Crippen molar-refractivity contribution in [1.29, 1.82) is 0 Å². The van der Waals surface area contributed by atoms with Crippen molar-refractivity contribution in [3.63, 3.8) is 0 Å². The van der Waals surface area contributed by atoms with E-state index in [1.165, 1.54) is 31.4 Å². The summed E-state index contributed by atoms with van der Waals surface area (Å²) in [6.07, 6.45) is 7.23. The number of aromatic hydroxyl groups is 4. The van der Waals surface area contributed by atoms with Gasteiger partial charge in [-0.1, -0.05) is 72.8 Å². The largest absolute Gasteiger partial charge is 0.508 e. The lowest BCUT2D eigenvalue weighted by atomic mass is 9.86. The number of phenolic OH excluding ortho intramolecular Hbond substituents is 4. The number of aliphatic hydroxyl groups is 1. The molecule has 0 radical (unpaired) electrons. The van der Waals surface area contributed by atoms with Crippen molar-refractivity contribution >= 4 is 11.9 Å². The zero-order valence-electron chi connectivity index (χ0n) is 23.2. The molecule has 0 amide bonds. The first-order valence-electron chi connectivity index (χ1n) is 13.6. The molecule has 4 aromatic carbocycles. The van der Waals surface area contributed by atoms with E-state index in [-0.39, 0.29) is 34.1 Å². The SMILES string of the molecule is COc1cc(O)c(C(/C=C/CC(O)CCc2ccc(O)cc2)c2ccc(O)cc2)c(O)c1C(=O)/C=C/c1ccccc1. The van der Waals surface area contributed by atoms with Crippen molar-refractivity contribution in [3.05, 3.63) is 131 Å². The number of hydrogen-bond donors (Lipinski definition) is 5. The third-order valence-corrected chi connectivity index (χ3v) is 6.98. The van der Waals surface area contributed by atoms with Gasteiger partial charge in [0, 0.05) is 17.5 Å². The van der Waals surface area contributed by atoms with Gasteiger partial charge in [0.2, 0.25) is 0 Å². The van der Waals surface area contributed by atoms with Crippen molar-refractivity contribution in [3.8, 4) is 28.7 Å². The number of benzene rings is 4. The van der Waals surface area contributed by atoms with Crippen LogP contribution in [0.5, 0.6) is 28.7 Å². The fourth-order valence-electron chi connectivity index (χ4n) is 4.71. The van der Waals surface area contributed by atoms with Gasteiger partial charge in [-0.25, -0.2) is 0 Å². The van der Waals surface area contributed by atoms with Gasteiger partial charge in [0.1, 0.15) is 34.3 Å². The molecular weight excluding hydrogens is 532 g/mol. The van der Waals surface area contributed by atoms with Gasteiger partial charge in [0.05, 0.1) is 13.2 Å². The van der Waals surface area contributed by atoms with E-state index in [2.05, 4.69) is 0 Å². The molecular formula is C35H34O7. The van der Waals surface area contributed by atoms with E-state index in [1.807, 2.05) is 42.5 Å². The van der Waals surface area contributed by atoms with Crippen LogP contribution < -0.4 is 4.74 Å². The normalized spacial score (nSPS) is 12.9. The molecule has 4 rings (SSSR count). The molecule has 2 atom stereocenters. The van der Waals surface area contributed by atoms with Gasteiger partial charge in [-0.05, 0) is 66.3 Å². The van der Waals surface area contributed by atoms with E-state index in [1.54, 1.807) is 42.5 Å². The van der Waals surface area contributed by atoms with Crippen molar-refractivity contribution in [2.45, 2.75) is 31.3 Å². The number of aliphatic hydroxyl groups excluding tert-OH is 1. The summed E-state index contributed by atoms with van der Waals surface area (Å²) in [5.41, 5.74) is 2.43. The first-order chi connectivity index (χ1) is 20.3. The lowest BCUT2D eigenvalue weighted by Gasteiger charge is -2.20. The second kappa shape index (κ2) is 14.1. The molecule has 0 fully saturated rings. The van der Waals surface area contributed by atoms with E-state index in [0.29, 0.717) is 24.8 Å². The molecule has 4 aromatic rings. The number of carbonyl (C=O) groups excluding carboxylic acids is 1. The van der Waals surface area contributed by atoms with Gasteiger partial charge in [-0.2, -0.15) is 0 Å². The highest BCUT2D eigenvalue weighted by atomic mass is 16.5. The monoisotopic (exact) mass is 566 g/mol. The van der Waals surface area contributed by atoms with E-state index in [0.717, 1.165) is 11.1 Å². The molecule has 7 nitrogen and oxygen atoms in total. The Morgan fingerprint density at radius 1 is 0.881 bits per heavy atom. The van der Waals surface area contributed by atoms with Crippen LogP contribution in [-0.4, -0.2) is 44.5 Å². The molecule has 0 aliphatic heterocycles. The number of ether oxygens (including phenoxy) is 1. The Kier molecular flexibility index (Phi) is 10.0. The lowest BCUT2D eigenvalue weighted by molar-refractivity contribution is 0.104. The second-order valence-corrected chi connectivity index (χ2v) is 9.94. The summed E-state index contributed by atoms with van der Waals surface area (Å²) in [6, 6.07) is 23.7. The number of phenols is 4. The molecule has 5 N–H and O–H groups in total. The fourth-order valence-corrected chi connectivity index (χ4v) is 4.71. The zero-order chi connectivity index (χ0) is 30.1. The number of rotatable bonds is 12. The van der Waals surface area contributed by atoms with E-state index >= 15 is 0 Å². The molecule has 0 saturated heterocycles. The maximum Gasteiger partial charge on any atom is 0.193 e. The van der Waals surface area contributed by atoms with Gasteiger partial charge in [0.25, 0.3) is 0 Å². The summed E-state index contributed by atoms with van der Waals surface area (Å²) in [6.45, 7) is 0. The number of hydrogen-bond acceptors (Lipinski definition) is 7. The minimum atomic E-state index is -0.717. The van der Waals surface area contributed by atoms with Crippen LogP contribution in [0.4, 0.5) is 0 Å². The standard InChI is InChI=1S/C35H34O7/c1-42-32-22-31(40)33(35(41)34(32)30(39)21-13-23-6-3-2-4-7-23)29(25-14-19-28(38)20-15-25)9-5-8-26(36)16-10-24-11-17-27(37)18-12-24/h2-7,9,11-15,17-22,26,29,36-38,40-41H,8,10,16H2,1H3/b9-5+,21-13+. The molecule has 0 saturated carbocycles. The molecule has 216 valence electrons. The van der Waals surface area contributed by atoms with Crippen LogP contribution >= 0.6 is 0 Å². The Morgan fingerprint density at radius 3 is 2.17 bits per heavy atom. The Morgan fingerprint density at radius 2 is 1.52 bits per heavy atom. The topological polar surface area (TPSA) is 127 Å². The highest BCUT2D eigenvalue weighted by Gasteiger charge is 2.27. The number of carbonyl (C=O) groups is 1. The molecule has 42 heavy (non-hydrogen) atoms. The average Bonchev–Trinajstić information content (AvgIpc) is 2.99. The van der Waals surface area contributed by atoms with Crippen LogP contribution in [0.2, 0.25) is 0 Å². The van der Waals surface area contributed by atoms with Crippen LogP contribution in [0.15, 0.2) is 103 Å². The van der Waals surface area contributed by atoms with Gasteiger partial charge in [-0.3, -0.25) is 4.79 Å². The highest BCUT2D eigenvalue weighted by Crippen LogP contribution is 2.45. The van der Waals surface area contributed by atoms with Crippen LogP contribution in [0.1, 0.15) is 51.4 Å². The predicted molar refractivity (Wildman–Crippen MR) is 162 cm³/mol. The van der Waals surface area contributed by atoms with Crippen LogP contribution in [0, 0.1) is 0 Å². The average molecular weight is 567 g/mol. The smallest absolute Gasteiger partial charge is 0.193 e. The molecule has 0 aromatic heterocycles. The van der Waals surface area contributed by atoms with Gasteiger partial charge < -0.3 is 30.3 Å². The third-order valence-electron chi connectivity index (χ3n) is 6.98. The summed E-state index contributed by atoms with van der Waals surface area (Å²) in [5, 5.41) is 52.4. The van der Waals surface area contributed by atoms with Gasteiger partial charge in [-0.15, -0.1) is 0 Å². The summed E-state index contributed by atoms with van der Waals surface area (Å²) >= 11 is 0. The first kappa shape index (κ1) is 30.0. The molecule has 0 aliphatic carbocycles. The number of aryl methyl sites for hydroxylation is 1. The Labute approximate surface area is 244 Å². The van der Waals surface area contributed by atoms with E-state index in [4.69, 9.17) is 4.74 Å². The maximum atomic E-state index is 13.3. The first-order valence-corrected chi connectivity index (χ1v) is 13.6. The van der Waals surface area contributed by atoms with E-state index < -0.39 is 23.6 Å². The molecule has 7 heteroatoms. The summed E-state index contributed by atoms with van der Waals surface area (Å²) in [4.78, 5) is 13.3. The van der Waals surface area contributed by atoms with Crippen LogP contribution in [0.3, 0.4) is 0 Å². The van der Waals surface area contributed by atoms with Crippen LogP contribution in [0.25, 0.3) is 6.08 Å². The second-order valence-electron chi connectivity index (χ2n) is 9.94. The summed E-state index contributed by atoms with van der Waals surface area (Å²) in [7, 11) is 1.35. The molecule has 0 bridgehead atoms. The Hall–Kier alpha value is -5.01. The number of methoxy groups -OCH3 is 1. The summed E-state index contributed by atoms with van der Waals surface area (Å²) < 4.78 is 5.35. The van der Waals surface area contributed by atoms with Crippen molar-refractivity contribution in [1.82, 2.24) is 0 Å². The number of allylic oxidation sites excluding steroid dienone is 2. The van der Waals surface area contributed by atoms with Gasteiger partial charge in [0.15, 0.2) is 5.78 Å². The minimum absolute atomic E-state index is 0.0227. The van der Waals surface area contributed by atoms with Gasteiger partial charge >= 0.3 is 0 Å². The van der Waals surface area contributed by atoms with Crippen molar-refractivity contribution < 1.29 is 35.1 Å². The molecule has 0 aliphatic rings. The molecule has 2 unspecified atom stereocenters. The molecule has 0 spiro atoms. The predicted octanol–water partition coefficient (Wildman–Crippen LogP) is 6.49. The van der Waals surface area contributed by atoms with Crippen molar-refractivity contribution in [2.75, 3.05) is 7.11 Å². The fraction of sp³-hybridized carbons (Fsp3) is 0.171. The maximum absolute atomic E-state index is 13.3. The lowest BCUT2D eigenvalue weighted by Crippen LogP contribution is -2.08. The minimum Gasteiger partial charge on any atom is -0.508 e. The number of ketones is 1. The van der Waals surface area contributed by atoms with Crippen molar-refractivity contribution in [2.24, 2.45) is 0 Å². The van der Waals surface area contributed by atoms with Crippen LogP contribution in [-0.2, 0) is 6.42 Å².